The summed E-state index contributed by atoms with van der Waals surface area (Å²) in [5, 5.41) is 8.98. The molecule has 0 heterocycles. The summed E-state index contributed by atoms with van der Waals surface area (Å²) in [5.41, 5.74) is 1.57. The molecule has 0 amide bonds. The van der Waals surface area contributed by atoms with Crippen LogP contribution in [0.4, 0.5) is 18.9 Å². The van der Waals surface area contributed by atoms with Crippen molar-refractivity contribution in [2.45, 2.75) is 25.1 Å². The standard InChI is InChI=1S/C20H17F3N2/c1-2-11-25(19-10-8-14-5-3-4-6-17(14)19)16-9-7-15(13-24)18(12-16)20(21,22)23/h2-7,9,12,19H,1,8,10-11H2. The first kappa shape index (κ1) is 17.1. The van der Waals surface area contributed by atoms with Gasteiger partial charge < -0.3 is 4.90 Å². The summed E-state index contributed by atoms with van der Waals surface area (Å²) in [6, 6.07) is 13.5. The molecule has 0 bridgehead atoms. The van der Waals surface area contributed by atoms with Crippen LogP contribution in [0.25, 0.3) is 0 Å². The lowest BCUT2D eigenvalue weighted by molar-refractivity contribution is -0.137. The first-order chi connectivity index (χ1) is 12.0. The van der Waals surface area contributed by atoms with E-state index in [0.29, 0.717) is 12.2 Å². The first-order valence-corrected chi connectivity index (χ1v) is 8.02. The number of anilines is 1. The van der Waals surface area contributed by atoms with Crippen molar-refractivity contribution in [3.05, 3.63) is 77.4 Å². The predicted octanol–water partition coefficient (Wildman–Crippen LogP) is 5.26. The van der Waals surface area contributed by atoms with Crippen LogP contribution in [-0.4, -0.2) is 6.54 Å². The Balaban J connectivity index is 2.06. The van der Waals surface area contributed by atoms with Gasteiger partial charge in [0.15, 0.2) is 0 Å². The Hall–Kier alpha value is -2.74. The number of rotatable bonds is 4. The zero-order chi connectivity index (χ0) is 18.0. The summed E-state index contributed by atoms with van der Waals surface area (Å²) < 4.78 is 39.9. The van der Waals surface area contributed by atoms with E-state index < -0.39 is 11.7 Å². The van der Waals surface area contributed by atoms with Crippen LogP contribution < -0.4 is 4.90 Å². The summed E-state index contributed by atoms with van der Waals surface area (Å²) >= 11 is 0. The molecule has 0 saturated heterocycles. The van der Waals surface area contributed by atoms with Gasteiger partial charge in [0.2, 0.25) is 0 Å². The molecule has 2 aromatic rings. The average molecular weight is 342 g/mol. The Labute approximate surface area is 144 Å². The highest BCUT2D eigenvalue weighted by molar-refractivity contribution is 5.57. The number of nitriles is 1. The van der Waals surface area contributed by atoms with Crippen LogP contribution in [0.3, 0.4) is 0 Å². The van der Waals surface area contributed by atoms with E-state index in [-0.39, 0.29) is 11.6 Å². The van der Waals surface area contributed by atoms with Gasteiger partial charge in [0.25, 0.3) is 0 Å². The normalized spacial score (nSPS) is 16.2. The SMILES string of the molecule is C=CCN(c1ccc(C#N)c(C(F)(F)F)c1)C1CCc2ccccc21. The fraction of sp³-hybridized carbons (Fsp3) is 0.250. The second-order valence-corrected chi connectivity index (χ2v) is 6.03. The molecule has 2 aromatic carbocycles. The molecular weight excluding hydrogens is 325 g/mol. The molecule has 1 atom stereocenters. The van der Waals surface area contributed by atoms with Crippen molar-refractivity contribution in [2.75, 3.05) is 11.4 Å². The summed E-state index contributed by atoms with van der Waals surface area (Å²) in [6.45, 7) is 4.17. The van der Waals surface area contributed by atoms with E-state index in [1.165, 1.54) is 11.6 Å². The molecule has 1 aliphatic rings. The number of hydrogen-bond donors (Lipinski definition) is 0. The van der Waals surface area contributed by atoms with Crippen molar-refractivity contribution >= 4 is 5.69 Å². The van der Waals surface area contributed by atoms with Gasteiger partial charge in [-0.2, -0.15) is 18.4 Å². The molecular formula is C20H17F3N2. The Morgan fingerprint density at radius 2 is 2.00 bits per heavy atom. The Morgan fingerprint density at radius 3 is 2.68 bits per heavy atom. The molecule has 0 N–H and O–H groups in total. The number of nitrogens with zero attached hydrogens (tertiary/aromatic N) is 2. The van der Waals surface area contributed by atoms with E-state index >= 15 is 0 Å². The average Bonchev–Trinajstić information content (AvgIpc) is 3.02. The van der Waals surface area contributed by atoms with Crippen LogP contribution >= 0.6 is 0 Å². The zero-order valence-electron chi connectivity index (χ0n) is 13.6. The molecule has 0 spiro atoms. The number of aryl methyl sites for hydroxylation is 1. The highest BCUT2D eigenvalue weighted by Gasteiger charge is 2.35. The molecule has 0 aromatic heterocycles. The van der Waals surface area contributed by atoms with Gasteiger partial charge in [-0.15, -0.1) is 6.58 Å². The molecule has 1 aliphatic carbocycles. The summed E-state index contributed by atoms with van der Waals surface area (Å²) in [7, 11) is 0. The van der Waals surface area contributed by atoms with Crippen LogP contribution in [-0.2, 0) is 12.6 Å². The first-order valence-electron chi connectivity index (χ1n) is 8.02. The van der Waals surface area contributed by atoms with E-state index in [4.69, 9.17) is 5.26 Å². The summed E-state index contributed by atoms with van der Waals surface area (Å²) in [6.07, 6.45) is -1.13. The molecule has 2 nitrogen and oxygen atoms in total. The zero-order valence-corrected chi connectivity index (χ0v) is 13.6. The quantitative estimate of drug-likeness (QED) is 0.709. The van der Waals surface area contributed by atoms with Gasteiger partial charge in [-0.05, 0) is 42.2 Å². The number of alkyl halides is 3. The van der Waals surface area contributed by atoms with E-state index in [2.05, 4.69) is 12.6 Å². The Kier molecular flexibility index (Phi) is 4.54. The lowest BCUT2D eigenvalue weighted by Gasteiger charge is -2.31. The van der Waals surface area contributed by atoms with Crippen molar-refractivity contribution in [3.63, 3.8) is 0 Å². The highest BCUT2D eigenvalue weighted by Crippen LogP contribution is 2.40. The monoisotopic (exact) mass is 342 g/mol. The minimum absolute atomic E-state index is 0.00298. The molecule has 1 unspecified atom stereocenters. The molecule has 25 heavy (non-hydrogen) atoms. The van der Waals surface area contributed by atoms with E-state index in [9.17, 15) is 13.2 Å². The van der Waals surface area contributed by atoms with Crippen LogP contribution in [0, 0.1) is 11.3 Å². The maximum absolute atomic E-state index is 13.3. The van der Waals surface area contributed by atoms with E-state index in [1.54, 1.807) is 18.2 Å². The van der Waals surface area contributed by atoms with Gasteiger partial charge in [-0.1, -0.05) is 30.3 Å². The third-order valence-electron chi connectivity index (χ3n) is 4.56. The van der Waals surface area contributed by atoms with Crippen molar-refractivity contribution in [3.8, 4) is 6.07 Å². The number of halogens is 3. The fourth-order valence-corrected chi connectivity index (χ4v) is 3.45. The molecule has 0 fully saturated rings. The van der Waals surface area contributed by atoms with Crippen LogP contribution in [0.5, 0.6) is 0 Å². The lowest BCUT2D eigenvalue weighted by atomic mass is 10.0. The second kappa shape index (κ2) is 6.64. The minimum Gasteiger partial charge on any atom is -0.361 e. The molecule has 3 rings (SSSR count). The van der Waals surface area contributed by atoms with E-state index in [0.717, 1.165) is 24.5 Å². The third kappa shape index (κ3) is 3.25. The van der Waals surface area contributed by atoms with Gasteiger partial charge in [0.1, 0.15) is 0 Å². The van der Waals surface area contributed by atoms with Gasteiger partial charge in [-0.3, -0.25) is 0 Å². The molecule has 128 valence electrons. The lowest BCUT2D eigenvalue weighted by Crippen LogP contribution is -2.28. The van der Waals surface area contributed by atoms with Crippen molar-refractivity contribution < 1.29 is 13.2 Å². The largest absolute Gasteiger partial charge is 0.417 e. The van der Waals surface area contributed by atoms with Gasteiger partial charge in [0, 0.05) is 12.2 Å². The highest BCUT2D eigenvalue weighted by atomic mass is 19.4. The summed E-state index contributed by atoms with van der Waals surface area (Å²) in [5.74, 6) is 0. The second-order valence-electron chi connectivity index (χ2n) is 6.03. The maximum atomic E-state index is 13.3. The smallest absolute Gasteiger partial charge is 0.361 e. The van der Waals surface area contributed by atoms with E-state index in [1.807, 2.05) is 23.1 Å². The van der Waals surface area contributed by atoms with Gasteiger partial charge >= 0.3 is 6.18 Å². The Morgan fingerprint density at radius 1 is 1.24 bits per heavy atom. The third-order valence-corrected chi connectivity index (χ3v) is 4.56. The fourth-order valence-electron chi connectivity index (χ4n) is 3.45. The summed E-state index contributed by atoms with van der Waals surface area (Å²) in [4.78, 5) is 1.93. The van der Waals surface area contributed by atoms with Gasteiger partial charge in [-0.25, -0.2) is 0 Å². The molecule has 0 radical (unpaired) electrons. The topological polar surface area (TPSA) is 27.0 Å². The molecule has 5 heteroatoms. The van der Waals surface area contributed by atoms with Crippen molar-refractivity contribution in [1.82, 2.24) is 0 Å². The van der Waals surface area contributed by atoms with Crippen molar-refractivity contribution in [2.24, 2.45) is 0 Å². The number of benzene rings is 2. The Bertz CT molecular complexity index is 834. The predicted molar refractivity (Wildman–Crippen MR) is 91.2 cm³/mol. The maximum Gasteiger partial charge on any atom is 0.417 e. The van der Waals surface area contributed by atoms with Crippen LogP contribution in [0.1, 0.15) is 34.7 Å². The van der Waals surface area contributed by atoms with Gasteiger partial charge in [0.05, 0.1) is 23.2 Å². The van der Waals surface area contributed by atoms with Crippen LogP contribution in [0.2, 0.25) is 0 Å². The van der Waals surface area contributed by atoms with Crippen molar-refractivity contribution in [1.29, 1.82) is 5.26 Å². The van der Waals surface area contributed by atoms with Crippen LogP contribution in [0.15, 0.2) is 55.1 Å². The minimum atomic E-state index is -4.56. The molecule has 0 saturated carbocycles. The number of hydrogen-bond acceptors (Lipinski definition) is 2. The number of fused-ring (bicyclic) bond motifs is 1. The molecule has 0 aliphatic heterocycles.